The van der Waals surface area contributed by atoms with E-state index < -0.39 is 5.60 Å². The van der Waals surface area contributed by atoms with Gasteiger partial charge in [0, 0.05) is 38.5 Å². The number of hydroxylamine groups is 1. The second kappa shape index (κ2) is 9.95. The molecule has 1 aromatic rings. The largest absolute Gasteiger partial charge is 0.493 e. The van der Waals surface area contributed by atoms with E-state index in [-0.39, 0.29) is 5.91 Å². The monoisotopic (exact) mass is 460 g/mol. The van der Waals surface area contributed by atoms with Crippen LogP contribution in [0.15, 0.2) is 30.0 Å². The number of carbonyl (C=O) groups is 1. The molecule has 4 rings (SSSR count). The Morgan fingerprint density at radius 2 is 1.94 bits per heavy atom. The zero-order valence-electron chi connectivity index (χ0n) is 18.7. The quantitative estimate of drug-likeness (QED) is 0.558. The summed E-state index contributed by atoms with van der Waals surface area (Å²) in [5, 5.41) is 7.28. The predicted octanol–water partition coefficient (Wildman–Crippen LogP) is 2.39. The number of benzene rings is 1. The van der Waals surface area contributed by atoms with Crippen LogP contribution in [0.1, 0.15) is 44.1 Å². The summed E-state index contributed by atoms with van der Waals surface area (Å²) in [5.41, 5.74) is 3.74. The van der Waals surface area contributed by atoms with Crippen LogP contribution in [0.3, 0.4) is 0 Å². The first-order valence-electron chi connectivity index (χ1n) is 11.2. The lowest BCUT2D eigenvalue weighted by Gasteiger charge is -2.38. The molecule has 0 atom stereocenters. The predicted molar refractivity (Wildman–Crippen MR) is 125 cm³/mol. The van der Waals surface area contributed by atoms with Gasteiger partial charge in [0.05, 0.1) is 14.2 Å². The van der Waals surface area contributed by atoms with Crippen LogP contribution in [-0.2, 0) is 16.2 Å². The molecule has 32 heavy (non-hydrogen) atoms. The Morgan fingerprint density at radius 3 is 2.62 bits per heavy atom. The molecule has 1 amide bonds. The van der Waals surface area contributed by atoms with Gasteiger partial charge >= 0.3 is 0 Å². The van der Waals surface area contributed by atoms with Crippen molar-refractivity contribution >= 4 is 23.2 Å². The maximum absolute atomic E-state index is 12.7. The van der Waals surface area contributed by atoms with Crippen LogP contribution in [0.25, 0.3) is 0 Å². The highest BCUT2D eigenvalue weighted by Gasteiger charge is 2.40. The van der Waals surface area contributed by atoms with Gasteiger partial charge in [0.2, 0.25) is 0 Å². The molecule has 2 heterocycles. The van der Waals surface area contributed by atoms with Gasteiger partial charge in [-0.15, -0.1) is 0 Å². The first-order chi connectivity index (χ1) is 15.5. The van der Waals surface area contributed by atoms with Crippen molar-refractivity contribution in [1.29, 1.82) is 0 Å². The summed E-state index contributed by atoms with van der Waals surface area (Å²) < 4.78 is 10.6. The lowest BCUT2D eigenvalue weighted by Crippen LogP contribution is -2.51. The first kappa shape index (κ1) is 22.7. The number of thiocarbonyl (C=S) groups is 1. The molecule has 3 aliphatic rings. The zero-order chi connectivity index (χ0) is 22.6. The van der Waals surface area contributed by atoms with Crippen LogP contribution in [-0.4, -0.2) is 54.9 Å². The van der Waals surface area contributed by atoms with Gasteiger partial charge in [-0.3, -0.25) is 15.1 Å². The van der Waals surface area contributed by atoms with E-state index in [1.807, 2.05) is 24.3 Å². The summed E-state index contributed by atoms with van der Waals surface area (Å²) in [7, 11) is 3.19. The van der Waals surface area contributed by atoms with Gasteiger partial charge in [-0.05, 0) is 48.8 Å². The number of hydrogen-bond donors (Lipinski definition) is 3. The maximum Gasteiger partial charge on any atom is 0.269 e. The van der Waals surface area contributed by atoms with E-state index in [0.717, 1.165) is 36.6 Å². The Kier molecular flexibility index (Phi) is 7.05. The smallest absolute Gasteiger partial charge is 0.269 e. The molecular weight excluding hydrogens is 428 g/mol. The van der Waals surface area contributed by atoms with Gasteiger partial charge in [0.25, 0.3) is 5.91 Å². The fourth-order valence-corrected chi connectivity index (χ4v) is 4.88. The lowest BCUT2D eigenvalue weighted by atomic mass is 9.91. The minimum Gasteiger partial charge on any atom is -0.493 e. The standard InChI is InChI=1S/C23H32N4O4S/c1-29-19-8-7-16(13-20(19)30-2)15-24-21(28)18-14-23(31-26-18)9-11-27(12-10-23)22(32)25-17-5-3-4-6-17/h7-8,13-14,17,26H,3-6,9-12,15H2,1-2H3,(H,24,28)(H,25,32). The molecule has 174 valence electrons. The molecule has 8 nitrogen and oxygen atoms in total. The van der Waals surface area contributed by atoms with Crippen LogP contribution in [0.5, 0.6) is 11.5 Å². The Labute approximate surface area is 194 Å². The molecule has 2 fully saturated rings. The van der Waals surface area contributed by atoms with Gasteiger partial charge in [-0.2, -0.15) is 0 Å². The van der Waals surface area contributed by atoms with Crippen LogP contribution in [0.2, 0.25) is 0 Å². The Balaban J connectivity index is 1.28. The summed E-state index contributed by atoms with van der Waals surface area (Å²) in [6.07, 6.45) is 8.44. The van der Waals surface area contributed by atoms with E-state index in [1.54, 1.807) is 14.2 Å². The van der Waals surface area contributed by atoms with Crippen molar-refractivity contribution in [2.45, 2.75) is 56.7 Å². The Hall–Kier alpha value is -2.52. The molecule has 9 heteroatoms. The molecule has 2 aliphatic heterocycles. The molecule has 1 saturated carbocycles. The average Bonchev–Trinajstić information content (AvgIpc) is 3.48. The van der Waals surface area contributed by atoms with E-state index in [2.05, 4.69) is 21.0 Å². The van der Waals surface area contributed by atoms with Crippen molar-refractivity contribution in [3.05, 3.63) is 35.5 Å². The number of carbonyl (C=O) groups excluding carboxylic acids is 1. The maximum atomic E-state index is 12.7. The molecular formula is C23H32N4O4S. The number of methoxy groups -OCH3 is 2. The Morgan fingerprint density at radius 1 is 1.22 bits per heavy atom. The van der Waals surface area contributed by atoms with E-state index in [9.17, 15) is 4.79 Å². The molecule has 0 radical (unpaired) electrons. The fourth-order valence-electron chi connectivity index (χ4n) is 4.53. The number of amides is 1. The van der Waals surface area contributed by atoms with Crippen LogP contribution in [0.4, 0.5) is 0 Å². The molecule has 0 aromatic heterocycles. The number of nitrogens with one attached hydrogen (secondary N) is 3. The highest BCUT2D eigenvalue weighted by atomic mass is 32.1. The van der Waals surface area contributed by atoms with Crippen molar-refractivity contribution in [3.8, 4) is 11.5 Å². The first-order valence-corrected chi connectivity index (χ1v) is 11.6. The van der Waals surface area contributed by atoms with Gasteiger partial charge in [-0.25, -0.2) is 0 Å². The Bertz CT molecular complexity index is 877. The topological polar surface area (TPSA) is 84.1 Å². The van der Waals surface area contributed by atoms with E-state index in [0.29, 0.717) is 29.8 Å². The molecule has 3 N–H and O–H groups in total. The molecule has 0 unspecified atom stereocenters. The SMILES string of the molecule is COc1ccc(CNC(=O)C2=CC3(CCN(C(=S)NC4CCCC4)CC3)ON2)cc1OC. The highest BCUT2D eigenvalue weighted by Crippen LogP contribution is 2.32. The molecule has 0 bridgehead atoms. The van der Waals surface area contributed by atoms with E-state index >= 15 is 0 Å². The minimum absolute atomic E-state index is 0.197. The molecule has 1 aromatic carbocycles. The summed E-state index contributed by atoms with van der Waals surface area (Å²) in [6, 6.07) is 6.09. The summed E-state index contributed by atoms with van der Waals surface area (Å²) in [6.45, 7) is 1.98. The number of nitrogens with zero attached hydrogens (tertiary/aromatic N) is 1. The van der Waals surface area contributed by atoms with Gasteiger partial charge in [0.15, 0.2) is 16.6 Å². The average molecular weight is 461 g/mol. The number of piperidine rings is 1. The molecule has 1 aliphatic carbocycles. The highest BCUT2D eigenvalue weighted by molar-refractivity contribution is 7.80. The summed E-state index contributed by atoms with van der Waals surface area (Å²) >= 11 is 5.62. The van der Waals surface area contributed by atoms with Crippen molar-refractivity contribution in [2.24, 2.45) is 0 Å². The number of hydrogen-bond acceptors (Lipinski definition) is 6. The second-order valence-corrected chi connectivity index (χ2v) is 9.00. The van der Waals surface area contributed by atoms with Crippen molar-refractivity contribution in [2.75, 3.05) is 27.3 Å². The summed E-state index contributed by atoms with van der Waals surface area (Å²) in [4.78, 5) is 20.7. The minimum atomic E-state index is -0.463. The zero-order valence-corrected chi connectivity index (χ0v) is 19.6. The van der Waals surface area contributed by atoms with Crippen LogP contribution >= 0.6 is 12.2 Å². The lowest BCUT2D eigenvalue weighted by molar-refractivity contribution is -0.120. The van der Waals surface area contributed by atoms with Gasteiger partial charge in [0.1, 0.15) is 11.3 Å². The second-order valence-electron chi connectivity index (χ2n) is 8.62. The number of rotatable bonds is 6. The van der Waals surface area contributed by atoms with Crippen molar-refractivity contribution < 1.29 is 19.1 Å². The van der Waals surface area contributed by atoms with Gasteiger partial charge in [-0.1, -0.05) is 18.9 Å². The third-order valence-corrected chi connectivity index (χ3v) is 6.87. The molecule has 1 spiro atoms. The van der Waals surface area contributed by atoms with E-state index in [4.69, 9.17) is 26.5 Å². The third-order valence-electron chi connectivity index (χ3n) is 6.50. The summed E-state index contributed by atoms with van der Waals surface area (Å²) in [5.74, 6) is 1.09. The number of ether oxygens (including phenoxy) is 2. The van der Waals surface area contributed by atoms with Gasteiger partial charge < -0.3 is 25.0 Å². The third kappa shape index (κ3) is 5.10. The van der Waals surface area contributed by atoms with Crippen molar-refractivity contribution in [1.82, 2.24) is 21.0 Å². The normalized spacial score (nSPS) is 19.9. The van der Waals surface area contributed by atoms with E-state index in [1.165, 1.54) is 25.7 Å². The van der Waals surface area contributed by atoms with Crippen LogP contribution < -0.4 is 25.6 Å². The van der Waals surface area contributed by atoms with Crippen molar-refractivity contribution in [3.63, 3.8) is 0 Å². The molecule has 1 saturated heterocycles. The number of likely N-dealkylation sites (tertiary alicyclic amines) is 1. The van der Waals surface area contributed by atoms with Crippen LogP contribution in [0, 0.1) is 0 Å². The fraction of sp³-hybridized carbons (Fsp3) is 0.565.